The SMILES string of the molecule is COC(=O)C(Cc1cc(Cl)c(Br)cc1F)C(=O)OC(C)(C)C. The zero-order valence-corrected chi connectivity index (χ0v) is 15.0. The summed E-state index contributed by atoms with van der Waals surface area (Å²) in [6.45, 7) is 5.03. The quantitative estimate of drug-likeness (QED) is 0.440. The molecule has 7 heteroatoms. The lowest BCUT2D eigenvalue weighted by molar-refractivity contribution is -0.168. The molecular weight excluding hydrogens is 379 g/mol. The Labute approximate surface area is 142 Å². The number of esters is 2. The van der Waals surface area contributed by atoms with Gasteiger partial charge in [-0.2, -0.15) is 0 Å². The summed E-state index contributed by atoms with van der Waals surface area (Å²) in [7, 11) is 1.16. The van der Waals surface area contributed by atoms with E-state index in [1.54, 1.807) is 20.8 Å². The third kappa shape index (κ3) is 5.25. The summed E-state index contributed by atoms with van der Waals surface area (Å²) in [5.74, 6) is -3.38. The fourth-order valence-electron chi connectivity index (χ4n) is 1.72. The van der Waals surface area contributed by atoms with Gasteiger partial charge in [-0.25, -0.2) is 4.39 Å². The molecule has 22 heavy (non-hydrogen) atoms. The van der Waals surface area contributed by atoms with Gasteiger partial charge in [-0.1, -0.05) is 11.6 Å². The van der Waals surface area contributed by atoms with Crippen molar-refractivity contribution in [3.8, 4) is 0 Å². The van der Waals surface area contributed by atoms with Gasteiger partial charge in [0.2, 0.25) is 0 Å². The van der Waals surface area contributed by atoms with Gasteiger partial charge in [-0.15, -0.1) is 0 Å². The third-order valence-corrected chi connectivity index (χ3v) is 3.89. The predicted molar refractivity (Wildman–Crippen MR) is 84.2 cm³/mol. The zero-order chi connectivity index (χ0) is 17.1. The van der Waals surface area contributed by atoms with E-state index in [1.807, 2.05) is 0 Å². The van der Waals surface area contributed by atoms with Gasteiger partial charge in [0.05, 0.1) is 12.1 Å². The molecule has 0 aliphatic carbocycles. The summed E-state index contributed by atoms with van der Waals surface area (Å²) in [5, 5.41) is 0.282. The fraction of sp³-hybridized carbons (Fsp3) is 0.467. The van der Waals surface area contributed by atoms with Gasteiger partial charge in [0.15, 0.2) is 5.92 Å². The summed E-state index contributed by atoms with van der Waals surface area (Å²) >= 11 is 9.03. The molecule has 0 heterocycles. The minimum atomic E-state index is -1.25. The second-order valence-electron chi connectivity index (χ2n) is 5.67. The Kier molecular flexibility index (Phi) is 6.38. The molecule has 0 N–H and O–H groups in total. The van der Waals surface area contributed by atoms with Gasteiger partial charge in [0, 0.05) is 4.47 Å². The molecule has 0 amide bonds. The highest BCUT2D eigenvalue weighted by Crippen LogP contribution is 2.27. The molecule has 0 aliphatic rings. The normalized spacial score (nSPS) is 12.7. The number of benzene rings is 1. The van der Waals surface area contributed by atoms with Crippen molar-refractivity contribution in [1.29, 1.82) is 0 Å². The Morgan fingerprint density at radius 2 is 1.91 bits per heavy atom. The van der Waals surface area contributed by atoms with E-state index in [9.17, 15) is 14.0 Å². The van der Waals surface area contributed by atoms with Crippen LogP contribution >= 0.6 is 27.5 Å². The van der Waals surface area contributed by atoms with E-state index in [0.717, 1.165) is 7.11 Å². The molecule has 4 nitrogen and oxygen atoms in total. The first-order valence-electron chi connectivity index (χ1n) is 6.49. The molecule has 122 valence electrons. The minimum Gasteiger partial charge on any atom is -0.468 e. The molecule has 0 bridgehead atoms. The van der Waals surface area contributed by atoms with Crippen LogP contribution in [0.4, 0.5) is 4.39 Å². The Balaban J connectivity index is 3.07. The summed E-state index contributed by atoms with van der Waals surface area (Å²) < 4.78 is 24.2. The second-order valence-corrected chi connectivity index (χ2v) is 6.93. The number of ether oxygens (including phenoxy) is 2. The van der Waals surface area contributed by atoms with Crippen LogP contribution in [-0.2, 0) is 25.5 Å². The van der Waals surface area contributed by atoms with Crippen LogP contribution in [0.15, 0.2) is 16.6 Å². The summed E-state index contributed by atoms with van der Waals surface area (Å²) in [5.41, 5.74) is -0.631. The van der Waals surface area contributed by atoms with Crippen molar-refractivity contribution in [3.05, 3.63) is 33.0 Å². The lowest BCUT2D eigenvalue weighted by atomic mass is 9.98. The molecule has 0 radical (unpaired) electrons. The van der Waals surface area contributed by atoms with Crippen molar-refractivity contribution in [2.24, 2.45) is 5.92 Å². The molecule has 0 aliphatic heterocycles. The van der Waals surface area contributed by atoms with E-state index in [0.29, 0.717) is 4.47 Å². The molecule has 1 aromatic carbocycles. The van der Waals surface area contributed by atoms with E-state index in [4.69, 9.17) is 16.3 Å². The van der Waals surface area contributed by atoms with Crippen molar-refractivity contribution in [2.75, 3.05) is 7.11 Å². The third-order valence-electron chi connectivity index (χ3n) is 2.69. The summed E-state index contributed by atoms with van der Waals surface area (Å²) in [4.78, 5) is 24.0. The monoisotopic (exact) mass is 394 g/mol. The smallest absolute Gasteiger partial charge is 0.321 e. The molecule has 1 aromatic rings. The maximum Gasteiger partial charge on any atom is 0.321 e. The van der Waals surface area contributed by atoms with Gasteiger partial charge < -0.3 is 9.47 Å². The average molecular weight is 396 g/mol. The number of carbonyl (C=O) groups is 2. The Morgan fingerprint density at radius 3 is 2.41 bits per heavy atom. The molecule has 0 saturated heterocycles. The maximum absolute atomic E-state index is 14.0. The van der Waals surface area contributed by atoms with Crippen LogP contribution in [0.5, 0.6) is 0 Å². The van der Waals surface area contributed by atoms with Crippen LogP contribution in [0.25, 0.3) is 0 Å². The molecule has 0 fully saturated rings. The van der Waals surface area contributed by atoms with Gasteiger partial charge in [0.1, 0.15) is 11.4 Å². The van der Waals surface area contributed by atoms with E-state index in [-0.39, 0.29) is 17.0 Å². The highest BCUT2D eigenvalue weighted by molar-refractivity contribution is 9.10. The van der Waals surface area contributed by atoms with Crippen LogP contribution < -0.4 is 0 Å². The molecule has 1 atom stereocenters. The molecule has 1 rings (SSSR count). The van der Waals surface area contributed by atoms with E-state index in [1.165, 1.54) is 12.1 Å². The first kappa shape index (κ1) is 18.9. The number of rotatable bonds is 4. The number of carbonyl (C=O) groups excluding carboxylic acids is 2. The van der Waals surface area contributed by atoms with Crippen LogP contribution in [0, 0.1) is 11.7 Å². The largest absolute Gasteiger partial charge is 0.468 e. The van der Waals surface area contributed by atoms with Crippen LogP contribution in [0.1, 0.15) is 26.3 Å². The van der Waals surface area contributed by atoms with Crippen LogP contribution in [0.2, 0.25) is 5.02 Å². The van der Waals surface area contributed by atoms with Crippen molar-refractivity contribution in [1.82, 2.24) is 0 Å². The fourth-order valence-corrected chi connectivity index (χ4v) is 2.22. The van der Waals surface area contributed by atoms with E-state index in [2.05, 4.69) is 20.7 Å². The van der Waals surface area contributed by atoms with Crippen molar-refractivity contribution < 1.29 is 23.5 Å². The van der Waals surface area contributed by atoms with Crippen LogP contribution in [0.3, 0.4) is 0 Å². The number of hydrogen-bond donors (Lipinski definition) is 0. The van der Waals surface area contributed by atoms with Crippen LogP contribution in [-0.4, -0.2) is 24.6 Å². The standard InChI is InChI=1S/C15H17BrClFO4/c1-15(2,3)22-14(20)9(13(19)21-4)5-8-6-11(17)10(16)7-12(8)18/h6-7,9H,5H2,1-4H3. The Hall–Kier alpha value is -1.14. The average Bonchev–Trinajstić information content (AvgIpc) is 2.38. The van der Waals surface area contributed by atoms with Crippen molar-refractivity contribution in [2.45, 2.75) is 32.8 Å². The number of hydrogen-bond acceptors (Lipinski definition) is 4. The molecular formula is C15H17BrClFO4. The molecule has 1 unspecified atom stereocenters. The zero-order valence-electron chi connectivity index (χ0n) is 12.7. The lowest BCUT2D eigenvalue weighted by Gasteiger charge is -2.23. The lowest BCUT2D eigenvalue weighted by Crippen LogP contribution is -2.34. The molecule has 0 aromatic heterocycles. The van der Waals surface area contributed by atoms with Gasteiger partial charge in [-0.3, -0.25) is 9.59 Å². The van der Waals surface area contributed by atoms with Crippen molar-refractivity contribution in [3.63, 3.8) is 0 Å². The number of methoxy groups -OCH3 is 1. The van der Waals surface area contributed by atoms with Gasteiger partial charge in [-0.05, 0) is 60.8 Å². The topological polar surface area (TPSA) is 52.6 Å². The predicted octanol–water partition coefficient (Wildman–Crippen LogP) is 3.92. The van der Waals surface area contributed by atoms with E-state index >= 15 is 0 Å². The molecule has 0 saturated carbocycles. The summed E-state index contributed by atoms with van der Waals surface area (Å²) in [6, 6.07) is 2.54. The van der Waals surface area contributed by atoms with E-state index < -0.39 is 29.3 Å². The Morgan fingerprint density at radius 1 is 1.32 bits per heavy atom. The van der Waals surface area contributed by atoms with Gasteiger partial charge >= 0.3 is 11.9 Å². The first-order valence-corrected chi connectivity index (χ1v) is 7.66. The summed E-state index contributed by atoms with van der Waals surface area (Å²) in [6.07, 6.45) is -0.194. The first-order chi connectivity index (χ1) is 10.0. The second kappa shape index (κ2) is 7.42. The Bertz CT molecular complexity index is 584. The maximum atomic E-state index is 14.0. The minimum absolute atomic E-state index is 0.134. The molecule has 0 spiro atoms. The van der Waals surface area contributed by atoms with Crippen molar-refractivity contribution >= 4 is 39.5 Å². The highest BCUT2D eigenvalue weighted by atomic mass is 79.9. The number of halogens is 3. The van der Waals surface area contributed by atoms with Gasteiger partial charge in [0.25, 0.3) is 0 Å². The highest BCUT2D eigenvalue weighted by Gasteiger charge is 2.33.